The van der Waals surface area contributed by atoms with Gasteiger partial charge >= 0.3 is 6.09 Å². The van der Waals surface area contributed by atoms with Gasteiger partial charge in [-0.25, -0.2) is 4.79 Å². The van der Waals surface area contributed by atoms with Crippen molar-refractivity contribution >= 4 is 6.09 Å². The SMILES string of the molecule is CCCCCCCCCCCCCOCCOCCOCCOCCOCCOCCOCCOCCOCCNC(=O)OC(C)(C)C. The average Bonchev–Trinajstić information content (AvgIpc) is 3.05. The summed E-state index contributed by atoms with van der Waals surface area (Å²) in [7, 11) is 0. The number of hydrogen-bond acceptors (Lipinski definition) is 11. The Bertz CT molecular complexity index is 638. The molecule has 1 N–H and O–H groups in total. The van der Waals surface area contributed by atoms with Crippen molar-refractivity contribution in [3.8, 4) is 0 Å². The quantitative estimate of drug-likeness (QED) is 0.0766. The van der Waals surface area contributed by atoms with Crippen molar-refractivity contribution in [2.45, 2.75) is 104 Å². The summed E-state index contributed by atoms with van der Waals surface area (Å²) in [5, 5.41) is 2.64. The molecule has 0 aliphatic heterocycles. The highest BCUT2D eigenvalue weighted by atomic mass is 16.6. The molecule has 0 saturated carbocycles. The Hall–Kier alpha value is -1.09. The molecule has 0 heterocycles. The van der Waals surface area contributed by atoms with Crippen LogP contribution in [0.2, 0.25) is 0 Å². The Kier molecular flexibility index (Phi) is 37.8. The summed E-state index contributed by atoms with van der Waals surface area (Å²) >= 11 is 0. The normalized spacial score (nSPS) is 11.8. The van der Waals surface area contributed by atoms with Crippen molar-refractivity contribution in [1.82, 2.24) is 5.32 Å². The van der Waals surface area contributed by atoms with E-state index in [9.17, 15) is 4.79 Å². The summed E-state index contributed by atoms with van der Waals surface area (Å²) in [6.07, 6.45) is 14.4. The van der Waals surface area contributed by atoms with Gasteiger partial charge in [-0.15, -0.1) is 0 Å². The lowest BCUT2D eigenvalue weighted by Crippen LogP contribution is -2.34. The number of ether oxygens (including phenoxy) is 10. The minimum atomic E-state index is -0.507. The van der Waals surface area contributed by atoms with E-state index in [0.29, 0.717) is 119 Å². The molecular formula is C36H73NO11. The van der Waals surface area contributed by atoms with E-state index >= 15 is 0 Å². The van der Waals surface area contributed by atoms with Gasteiger partial charge in [0.15, 0.2) is 0 Å². The fraction of sp³-hybridized carbons (Fsp3) is 0.972. The first kappa shape index (κ1) is 46.9. The number of carbonyl (C=O) groups excluding carboxylic acids is 1. The van der Waals surface area contributed by atoms with E-state index in [0.717, 1.165) is 13.0 Å². The molecule has 0 rings (SSSR count). The number of rotatable bonds is 39. The summed E-state index contributed by atoms with van der Waals surface area (Å²) in [5.74, 6) is 0. The predicted octanol–water partition coefficient (Wildman–Crippen LogP) is 5.97. The first-order valence-electron chi connectivity index (χ1n) is 18.6. The standard InChI is InChI=1S/C36H73NO11/c1-5-6-7-8-9-10-11-12-13-14-15-17-39-19-21-41-23-25-43-27-29-45-31-33-47-34-32-46-30-28-44-26-24-42-22-20-40-18-16-37-35(38)48-36(2,3)4/h5-34H2,1-4H3,(H,37,38). The van der Waals surface area contributed by atoms with E-state index in [2.05, 4.69) is 12.2 Å². The van der Waals surface area contributed by atoms with Crippen LogP contribution in [0.5, 0.6) is 0 Å². The van der Waals surface area contributed by atoms with E-state index in [4.69, 9.17) is 47.4 Å². The van der Waals surface area contributed by atoms with Gasteiger partial charge in [0.2, 0.25) is 0 Å². The van der Waals surface area contributed by atoms with Crippen LogP contribution in [0.3, 0.4) is 0 Å². The minimum Gasteiger partial charge on any atom is -0.444 e. The van der Waals surface area contributed by atoms with E-state index in [-0.39, 0.29) is 0 Å². The van der Waals surface area contributed by atoms with Gasteiger partial charge in [0.05, 0.1) is 112 Å². The zero-order chi connectivity index (χ0) is 35.1. The number of nitrogens with one attached hydrogen (secondary N) is 1. The highest BCUT2D eigenvalue weighted by molar-refractivity contribution is 5.67. The second-order valence-electron chi connectivity index (χ2n) is 12.5. The van der Waals surface area contributed by atoms with E-state index in [1.165, 1.54) is 64.2 Å². The molecule has 12 nitrogen and oxygen atoms in total. The molecule has 0 aliphatic carbocycles. The molecule has 0 aromatic carbocycles. The van der Waals surface area contributed by atoms with Crippen LogP contribution in [0.4, 0.5) is 4.79 Å². The zero-order valence-electron chi connectivity index (χ0n) is 31.2. The Morgan fingerprint density at radius 1 is 0.396 bits per heavy atom. The van der Waals surface area contributed by atoms with Crippen molar-refractivity contribution < 1.29 is 52.2 Å². The van der Waals surface area contributed by atoms with Crippen molar-refractivity contribution in [3.05, 3.63) is 0 Å². The van der Waals surface area contributed by atoms with Gasteiger partial charge < -0.3 is 52.7 Å². The number of unbranched alkanes of at least 4 members (excludes halogenated alkanes) is 10. The van der Waals surface area contributed by atoms with E-state index < -0.39 is 11.7 Å². The lowest BCUT2D eigenvalue weighted by atomic mass is 10.1. The van der Waals surface area contributed by atoms with Crippen LogP contribution in [0.1, 0.15) is 98.3 Å². The van der Waals surface area contributed by atoms with Gasteiger partial charge in [-0.2, -0.15) is 0 Å². The van der Waals surface area contributed by atoms with Crippen LogP contribution in [0, 0.1) is 0 Å². The van der Waals surface area contributed by atoms with Crippen LogP contribution in [-0.4, -0.2) is 137 Å². The lowest BCUT2D eigenvalue weighted by Gasteiger charge is -2.19. The highest BCUT2D eigenvalue weighted by Gasteiger charge is 2.15. The van der Waals surface area contributed by atoms with Crippen molar-refractivity contribution in [1.29, 1.82) is 0 Å². The average molecular weight is 696 g/mol. The molecule has 0 radical (unpaired) electrons. The van der Waals surface area contributed by atoms with E-state index in [1.807, 2.05) is 20.8 Å². The Morgan fingerprint density at radius 2 is 0.667 bits per heavy atom. The fourth-order valence-electron chi connectivity index (χ4n) is 4.27. The third-order valence-corrected chi connectivity index (χ3v) is 6.78. The van der Waals surface area contributed by atoms with Gasteiger partial charge in [-0.3, -0.25) is 0 Å². The molecule has 0 spiro atoms. The van der Waals surface area contributed by atoms with Crippen LogP contribution in [-0.2, 0) is 47.4 Å². The first-order valence-corrected chi connectivity index (χ1v) is 18.6. The number of amides is 1. The molecule has 0 fully saturated rings. The zero-order valence-corrected chi connectivity index (χ0v) is 31.2. The number of hydrogen-bond donors (Lipinski definition) is 1. The van der Waals surface area contributed by atoms with Gasteiger partial charge in [-0.05, 0) is 27.2 Å². The van der Waals surface area contributed by atoms with Crippen molar-refractivity contribution in [2.75, 3.05) is 125 Å². The minimum absolute atomic E-state index is 0.389. The summed E-state index contributed by atoms with van der Waals surface area (Å²) < 4.78 is 54.7. The van der Waals surface area contributed by atoms with Crippen molar-refractivity contribution in [3.63, 3.8) is 0 Å². The largest absolute Gasteiger partial charge is 0.444 e. The third kappa shape index (κ3) is 42.9. The molecule has 0 aliphatic rings. The van der Waals surface area contributed by atoms with Crippen molar-refractivity contribution in [2.24, 2.45) is 0 Å². The third-order valence-electron chi connectivity index (χ3n) is 6.78. The second kappa shape index (κ2) is 38.7. The maximum absolute atomic E-state index is 11.5. The smallest absolute Gasteiger partial charge is 0.407 e. The van der Waals surface area contributed by atoms with E-state index in [1.54, 1.807) is 0 Å². The van der Waals surface area contributed by atoms with Crippen LogP contribution < -0.4 is 5.32 Å². The van der Waals surface area contributed by atoms with Gasteiger partial charge in [-0.1, -0.05) is 71.1 Å². The van der Waals surface area contributed by atoms with Crippen LogP contribution in [0.15, 0.2) is 0 Å². The molecular weight excluding hydrogens is 622 g/mol. The Morgan fingerprint density at radius 3 is 0.979 bits per heavy atom. The molecule has 12 heteroatoms. The summed E-state index contributed by atoms with van der Waals surface area (Å²) in [4.78, 5) is 11.5. The second-order valence-corrected chi connectivity index (χ2v) is 12.5. The van der Waals surface area contributed by atoms with Gasteiger partial charge in [0, 0.05) is 13.2 Å². The molecule has 1 amide bonds. The maximum Gasteiger partial charge on any atom is 0.407 e. The molecule has 288 valence electrons. The summed E-state index contributed by atoms with van der Waals surface area (Å²) in [6, 6.07) is 0. The molecule has 0 aromatic rings. The fourth-order valence-corrected chi connectivity index (χ4v) is 4.27. The number of alkyl carbamates (subject to hydrolysis) is 1. The Balaban J connectivity index is 3.09. The maximum atomic E-state index is 11.5. The molecule has 0 atom stereocenters. The molecule has 0 aromatic heterocycles. The lowest BCUT2D eigenvalue weighted by molar-refractivity contribution is -0.0250. The monoisotopic (exact) mass is 696 g/mol. The summed E-state index contributed by atoms with van der Waals surface area (Å²) in [6.45, 7) is 17.7. The summed E-state index contributed by atoms with van der Waals surface area (Å²) in [5.41, 5.74) is -0.507. The first-order chi connectivity index (χ1) is 23.5. The van der Waals surface area contributed by atoms with Crippen LogP contribution in [0.25, 0.3) is 0 Å². The Labute approximate surface area is 292 Å². The van der Waals surface area contributed by atoms with Gasteiger partial charge in [0.1, 0.15) is 5.60 Å². The van der Waals surface area contributed by atoms with Crippen LogP contribution >= 0.6 is 0 Å². The topological polar surface area (TPSA) is 121 Å². The molecule has 0 unspecified atom stereocenters. The molecule has 0 bridgehead atoms. The van der Waals surface area contributed by atoms with Gasteiger partial charge in [0.25, 0.3) is 0 Å². The molecule has 0 saturated heterocycles. The molecule has 48 heavy (non-hydrogen) atoms. The predicted molar refractivity (Wildman–Crippen MR) is 188 cm³/mol. The number of carbonyl (C=O) groups is 1. The highest BCUT2D eigenvalue weighted by Crippen LogP contribution is 2.11.